The van der Waals surface area contributed by atoms with Crippen LogP contribution in [0, 0.1) is 0 Å². The maximum Gasteiger partial charge on any atom is 0.312 e. The molecule has 0 unspecified atom stereocenters. The third-order valence-corrected chi connectivity index (χ3v) is 14.4. The molecule has 1 fully saturated rings. The first-order valence-corrected chi connectivity index (χ1v) is 14.9. The first kappa shape index (κ1) is 15.6. The third kappa shape index (κ3) is 3.74. The lowest BCUT2D eigenvalue weighted by molar-refractivity contribution is 0.374. The minimum Gasteiger partial charge on any atom is -0.321 e. The van der Waals surface area contributed by atoms with E-state index >= 15 is 0 Å². The quantitative estimate of drug-likeness (QED) is 0.737. The molecule has 1 rings (SSSR count). The Morgan fingerprint density at radius 1 is 0.824 bits per heavy atom. The van der Waals surface area contributed by atoms with Crippen LogP contribution in [0.4, 0.5) is 0 Å². The van der Waals surface area contributed by atoms with Crippen LogP contribution in [-0.2, 0) is 0 Å². The summed E-state index contributed by atoms with van der Waals surface area (Å²) in [6.45, 7) is 17.6. The molecule has 1 aliphatic heterocycles. The average Bonchev–Trinajstić information content (AvgIpc) is 2.13. The molecule has 17 heavy (non-hydrogen) atoms. The average molecular weight is 289 g/mol. The topological polar surface area (TPSA) is 9.72 Å². The van der Waals surface area contributed by atoms with Crippen molar-refractivity contribution in [3.63, 3.8) is 0 Å². The second-order valence-electron chi connectivity index (χ2n) is 7.19. The Morgan fingerprint density at radius 3 is 1.41 bits per heavy atom. The van der Waals surface area contributed by atoms with Gasteiger partial charge < -0.3 is 13.0 Å². The Hall–Kier alpha value is 0.531. The molecule has 1 radical (unpaired) electrons. The molecular formula is C11H30N3Si3. The van der Waals surface area contributed by atoms with E-state index < -0.39 is 25.8 Å². The van der Waals surface area contributed by atoms with Gasteiger partial charge in [0.05, 0.1) is 0 Å². The van der Waals surface area contributed by atoms with Crippen LogP contribution in [0.15, 0.2) is 0 Å². The second-order valence-corrected chi connectivity index (χ2v) is 20.4. The van der Waals surface area contributed by atoms with Gasteiger partial charge in [-0.2, -0.15) is 0 Å². The van der Waals surface area contributed by atoms with Gasteiger partial charge in [-0.15, -0.1) is 0 Å². The van der Waals surface area contributed by atoms with Crippen LogP contribution < -0.4 is 0 Å². The Labute approximate surface area is 112 Å². The maximum absolute atomic E-state index is 2.89. The van der Waals surface area contributed by atoms with Crippen LogP contribution in [0.1, 0.15) is 6.42 Å². The fourth-order valence-corrected chi connectivity index (χ4v) is 13.1. The summed E-state index contributed by atoms with van der Waals surface area (Å²) in [5, 5.41) is 0. The first-order valence-electron chi connectivity index (χ1n) is 6.64. The molecule has 0 spiro atoms. The first-order chi connectivity index (χ1) is 7.55. The van der Waals surface area contributed by atoms with E-state index in [1.54, 1.807) is 0 Å². The van der Waals surface area contributed by atoms with Gasteiger partial charge in [0.1, 0.15) is 16.5 Å². The number of hydrogen-bond acceptors (Lipinski definition) is 3. The fourth-order valence-electron chi connectivity index (χ4n) is 2.49. The molecule has 1 aliphatic rings. The predicted molar refractivity (Wildman–Crippen MR) is 84.2 cm³/mol. The highest BCUT2D eigenvalue weighted by atomic mass is 28.4. The van der Waals surface area contributed by atoms with Crippen molar-refractivity contribution in [2.75, 3.05) is 27.2 Å². The van der Waals surface area contributed by atoms with Crippen LogP contribution in [0.25, 0.3) is 0 Å². The van der Waals surface area contributed by atoms with Gasteiger partial charge in [0, 0.05) is 0 Å². The van der Waals surface area contributed by atoms with Gasteiger partial charge in [0.15, 0.2) is 0 Å². The molecule has 0 bridgehead atoms. The minimum absolute atomic E-state index is 0.633. The van der Waals surface area contributed by atoms with Gasteiger partial charge in [-0.25, -0.2) is 0 Å². The highest BCUT2D eigenvalue weighted by Gasteiger charge is 2.44. The van der Waals surface area contributed by atoms with Crippen LogP contribution in [-0.4, -0.2) is 66.0 Å². The Morgan fingerprint density at radius 2 is 1.18 bits per heavy atom. The monoisotopic (exact) mass is 288 g/mol. The van der Waals surface area contributed by atoms with Crippen LogP contribution >= 0.6 is 0 Å². The fraction of sp³-hybridized carbons (Fsp3) is 1.00. The molecule has 0 saturated carbocycles. The molecule has 0 amide bonds. The summed E-state index contributed by atoms with van der Waals surface area (Å²) in [7, 11) is 1.55. The van der Waals surface area contributed by atoms with Crippen molar-refractivity contribution < 1.29 is 0 Å². The van der Waals surface area contributed by atoms with E-state index in [1.807, 2.05) is 0 Å². The molecule has 0 aliphatic carbocycles. The van der Waals surface area contributed by atoms with Gasteiger partial charge in [-0.1, -0.05) is 39.3 Å². The summed E-state index contributed by atoms with van der Waals surface area (Å²) < 4.78 is 8.29. The summed E-state index contributed by atoms with van der Waals surface area (Å²) >= 11 is 0. The summed E-state index contributed by atoms with van der Waals surface area (Å²) in [6.07, 6.45) is 1.36. The molecule has 0 atom stereocenters. The lowest BCUT2D eigenvalue weighted by Gasteiger charge is -2.53. The van der Waals surface area contributed by atoms with E-state index in [4.69, 9.17) is 0 Å². The third-order valence-electron chi connectivity index (χ3n) is 3.27. The summed E-state index contributed by atoms with van der Waals surface area (Å²) in [5.74, 6) is 0. The van der Waals surface area contributed by atoms with E-state index in [9.17, 15) is 0 Å². The molecule has 1 heterocycles. The SMILES string of the molecule is CN(C)[Si]1N([Si](C)(C)C)CCCN1[Si](C)(C)C. The number of rotatable bonds is 3. The molecule has 1 saturated heterocycles. The lowest BCUT2D eigenvalue weighted by Crippen LogP contribution is -2.74. The van der Waals surface area contributed by atoms with Crippen molar-refractivity contribution in [2.24, 2.45) is 0 Å². The second kappa shape index (κ2) is 5.26. The molecule has 0 aromatic heterocycles. The molecule has 0 aromatic carbocycles. The van der Waals surface area contributed by atoms with E-state index in [0.717, 1.165) is 0 Å². The zero-order valence-electron chi connectivity index (χ0n) is 13.0. The molecule has 101 valence electrons. The Balaban J connectivity index is 3.01. The van der Waals surface area contributed by atoms with Gasteiger partial charge in [-0.3, -0.25) is 0 Å². The van der Waals surface area contributed by atoms with Crippen molar-refractivity contribution in [3.8, 4) is 0 Å². The lowest BCUT2D eigenvalue weighted by atomic mass is 10.4. The predicted octanol–water partition coefficient (Wildman–Crippen LogP) is 2.21. The number of hydrogen-bond donors (Lipinski definition) is 0. The summed E-state index contributed by atoms with van der Waals surface area (Å²) in [6, 6.07) is 0. The number of nitrogens with zero attached hydrogens (tertiary/aromatic N) is 3. The van der Waals surface area contributed by atoms with Crippen LogP contribution in [0.5, 0.6) is 0 Å². The van der Waals surface area contributed by atoms with E-state index in [2.05, 4.69) is 66.4 Å². The molecule has 0 N–H and O–H groups in total. The summed E-state index contributed by atoms with van der Waals surface area (Å²) in [4.78, 5) is 0. The van der Waals surface area contributed by atoms with Gasteiger partial charge in [-0.05, 0) is 33.6 Å². The normalized spacial score (nSPS) is 22.4. The van der Waals surface area contributed by atoms with Crippen molar-refractivity contribution in [3.05, 3.63) is 0 Å². The van der Waals surface area contributed by atoms with Crippen molar-refractivity contribution in [2.45, 2.75) is 45.7 Å². The standard InChI is InChI=1S/C11H30N3Si3/c1-12(2)15-13(16(3,4)5)10-9-11-14(15)17(6,7)8/h9-11H2,1-8H3. The highest BCUT2D eigenvalue weighted by Crippen LogP contribution is 2.24. The van der Waals surface area contributed by atoms with Crippen molar-refractivity contribution in [1.29, 1.82) is 0 Å². The van der Waals surface area contributed by atoms with Gasteiger partial charge >= 0.3 is 9.28 Å². The Kier molecular flexibility index (Phi) is 4.82. The van der Waals surface area contributed by atoms with Gasteiger partial charge in [0.25, 0.3) is 0 Å². The smallest absolute Gasteiger partial charge is 0.312 e. The zero-order chi connectivity index (χ0) is 13.4. The molecule has 0 aromatic rings. The van der Waals surface area contributed by atoms with Crippen molar-refractivity contribution >= 4 is 25.8 Å². The zero-order valence-corrected chi connectivity index (χ0v) is 16.0. The van der Waals surface area contributed by atoms with Crippen molar-refractivity contribution in [1.82, 2.24) is 13.0 Å². The Bertz CT molecular complexity index is 236. The van der Waals surface area contributed by atoms with E-state index in [1.165, 1.54) is 19.5 Å². The van der Waals surface area contributed by atoms with Crippen LogP contribution in [0.2, 0.25) is 39.3 Å². The largest absolute Gasteiger partial charge is 0.321 e. The van der Waals surface area contributed by atoms with Crippen LogP contribution in [0.3, 0.4) is 0 Å². The minimum atomic E-state index is -1.19. The maximum atomic E-state index is 2.89. The van der Waals surface area contributed by atoms with Gasteiger partial charge in [0.2, 0.25) is 0 Å². The highest BCUT2D eigenvalue weighted by molar-refractivity contribution is 6.88. The molecule has 3 nitrogen and oxygen atoms in total. The summed E-state index contributed by atoms with van der Waals surface area (Å²) in [5.41, 5.74) is 0. The molecule has 6 heteroatoms. The molecular weight excluding hydrogens is 258 g/mol. The van der Waals surface area contributed by atoms with E-state index in [0.29, 0.717) is 0 Å². The van der Waals surface area contributed by atoms with E-state index in [-0.39, 0.29) is 0 Å².